The molecule has 0 bridgehead atoms. The summed E-state index contributed by atoms with van der Waals surface area (Å²) in [6.45, 7) is 5.54. The van der Waals surface area contributed by atoms with Crippen molar-refractivity contribution < 1.29 is 18.0 Å². The van der Waals surface area contributed by atoms with Gasteiger partial charge in [-0.2, -0.15) is 10.2 Å². The van der Waals surface area contributed by atoms with E-state index in [1.54, 1.807) is 41.8 Å². The molecule has 1 aromatic carbocycles. The van der Waals surface area contributed by atoms with Crippen LogP contribution < -0.4 is 0 Å². The SMILES string of the molecule is Cc1nn2cccnc2c1C(=O)N1C(C)Cc2c(nn(C)c2-c2cc(F)c(F)c(F)c2)C1C. The van der Waals surface area contributed by atoms with Crippen LogP contribution in [0.5, 0.6) is 0 Å². The minimum Gasteiger partial charge on any atom is -0.327 e. The number of hydrogen-bond donors (Lipinski definition) is 0. The highest BCUT2D eigenvalue weighted by Gasteiger charge is 2.39. The van der Waals surface area contributed by atoms with Crippen molar-refractivity contribution in [3.05, 3.63) is 70.6 Å². The van der Waals surface area contributed by atoms with Crippen LogP contribution in [-0.4, -0.2) is 41.2 Å². The summed E-state index contributed by atoms with van der Waals surface area (Å²) in [7, 11) is 1.66. The van der Waals surface area contributed by atoms with Crippen LogP contribution in [0.1, 0.15) is 47.2 Å². The standard InChI is InChI=1S/C23H21F3N6O/c1-11-8-15-20(29-30(4)21(15)14-9-16(24)19(26)17(25)10-14)13(3)32(11)23(33)18-12(2)28-31-7-5-6-27-22(18)31/h5-7,9-11,13H,8H2,1-4H3. The molecule has 3 aromatic heterocycles. The maximum atomic E-state index is 13.9. The fourth-order valence-corrected chi connectivity index (χ4v) is 4.84. The number of rotatable bonds is 2. The number of aryl methyl sites for hydroxylation is 2. The molecule has 0 fully saturated rings. The Morgan fingerprint density at radius 3 is 2.52 bits per heavy atom. The van der Waals surface area contributed by atoms with E-state index >= 15 is 0 Å². The van der Waals surface area contributed by atoms with Crippen LogP contribution in [0.15, 0.2) is 30.6 Å². The molecule has 0 N–H and O–H groups in total. The van der Waals surface area contributed by atoms with Crippen molar-refractivity contribution in [2.24, 2.45) is 7.05 Å². The number of aromatic nitrogens is 5. The Morgan fingerprint density at radius 2 is 1.82 bits per heavy atom. The summed E-state index contributed by atoms with van der Waals surface area (Å²) in [6.07, 6.45) is 3.76. The molecular weight excluding hydrogens is 433 g/mol. The summed E-state index contributed by atoms with van der Waals surface area (Å²) in [5, 5.41) is 8.96. The lowest BCUT2D eigenvalue weighted by molar-refractivity contribution is 0.0576. The predicted octanol–water partition coefficient (Wildman–Crippen LogP) is 4.00. The van der Waals surface area contributed by atoms with Crippen LogP contribution in [0.25, 0.3) is 16.9 Å². The van der Waals surface area contributed by atoms with Gasteiger partial charge in [0.25, 0.3) is 5.91 Å². The second-order valence-electron chi connectivity index (χ2n) is 8.38. The number of carbonyl (C=O) groups excluding carboxylic acids is 1. The predicted molar refractivity (Wildman–Crippen MR) is 114 cm³/mol. The molecule has 2 atom stereocenters. The number of hydrogen-bond acceptors (Lipinski definition) is 4. The Hall–Kier alpha value is -3.69. The zero-order chi connectivity index (χ0) is 23.6. The lowest BCUT2D eigenvalue weighted by Gasteiger charge is -2.38. The Labute approximate surface area is 187 Å². The third-order valence-corrected chi connectivity index (χ3v) is 6.24. The van der Waals surface area contributed by atoms with Gasteiger partial charge in [0.05, 0.1) is 23.1 Å². The lowest BCUT2D eigenvalue weighted by Crippen LogP contribution is -2.45. The van der Waals surface area contributed by atoms with E-state index in [9.17, 15) is 18.0 Å². The molecule has 1 aliphatic heterocycles. The third-order valence-electron chi connectivity index (χ3n) is 6.24. The van der Waals surface area contributed by atoms with E-state index in [2.05, 4.69) is 15.2 Å². The molecule has 7 nitrogen and oxygen atoms in total. The van der Waals surface area contributed by atoms with Crippen LogP contribution in [0.3, 0.4) is 0 Å². The van der Waals surface area contributed by atoms with Gasteiger partial charge in [-0.15, -0.1) is 0 Å². The number of benzene rings is 1. The molecule has 2 unspecified atom stereocenters. The summed E-state index contributed by atoms with van der Waals surface area (Å²) < 4.78 is 44.5. The van der Waals surface area contributed by atoms with Gasteiger partial charge in [-0.1, -0.05) is 0 Å². The van der Waals surface area contributed by atoms with Crippen LogP contribution in [0, 0.1) is 24.4 Å². The summed E-state index contributed by atoms with van der Waals surface area (Å²) in [6, 6.07) is 3.02. The van der Waals surface area contributed by atoms with Crippen molar-refractivity contribution in [3.8, 4) is 11.3 Å². The van der Waals surface area contributed by atoms with Gasteiger partial charge in [0, 0.05) is 36.6 Å². The van der Waals surface area contributed by atoms with Crippen molar-refractivity contribution >= 4 is 11.6 Å². The first-order valence-electron chi connectivity index (χ1n) is 10.5. The normalized spacial score (nSPS) is 18.1. The zero-order valence-electron chi connectivity index (χ0n) is 18.5. The molecule has 0 aliphatic carbocycles. The van der Waals surface area contributed by atoms with E-state index in [0.29, 0.717) is 34.7 Å². The summed E-state index contributed by atoms with van der Waals surface area (Å²) in [5.41, 5.74) is 3.59. The fourth-order valence-electron chi connectivity index (χ4n) is 4.84. The smallest absolute Gasteiger partial charge is 0.260 e. The lowest BCUT2D eigenvalue weighted by atomic mass is 9.90. The molecule has 0 saturated carbocycles. The van der Waals surface area contributed by atoms with E-state index in [1.807, 2.05) is 13.8 Å². The van der Waals surface area contributed by atoms with Crippen LogP contribution in [0.4, 0.5) is 13.2 Å². The molecule has 1 aliphatic rings. The summed E-state index contributed by atoms with van der Waals surface area (Å²) in [4.78, 5) is 19.7. The van der Waals surface area contributed by atoms with E-state index in [4.69, 9.17) is 0 Å². The average molecular weight is 454 g/mol. The summed E-state index contributed by atoms with van der Waals surface area (Å²) >= 11 is 0. The first-order valence-corrected chi connectivity index (χ1v) is 10.5. The number of carbonyl (C=O) groups is 1. The monoisotopic (exact) mass is 454 g/mol. The first-order chi connectivity index (χ1) is 15.7. The second kappa shape index (κ2) is 7.43. The summed E-state index contributed by atoms with van der Waals surface area (Å²) in [5.74, 6) is -4.24. The van der Waals surface area contributed by atoms with E-state index in [-0.39, 0.29) is 17.5 Å². The van der Waals surface area contributed by atoms with Gasteiger partial charge in [-0.25, -0.2) is 22.7 Å². The average Bonchev–Trinajstić information content (AvgIpc) is 3.27. The van der Waals surface area contributed by atoms with Crippen LogP contribution >= 0.6 is 0 Å². The second-order valence-corrected chi connectivity index (χ2v) is 8.38. The van der Waals surface area contributed by atoms with Crippen molar-refractivity contribution in [1.82, 2.24) is 29.3 Å². The maximum absolute atomic E-state index is 13.9. The van der Waals surface area contributed by atoms with Gasteiger partial charge >= 0.3 is 0 Å². The van der Waals surface area contributed by atoms with E-state index in [0.717, 1.165) is 17.7 Å². The molecule has 4 aromatic rings. The van der Waals surface area contributed by atoms with Gasteiger partial charge in [-0.3, -0.25) is 9.48 Å². The zero-order valence-corrected chi connectivity index (χ0v) is 18.5. The third kappa shape index (κ3) is 3.12. The van der Waals surface area contributed by atoms with Crippen molar-refractivity contribution in [3.63, 3.8) is 0 Å². The number of fused-ring (bicyclic) bond motifs is 2. The molecule has 4 heterocycles. The highest BCUT2D eigenvalue weighted by molar-refractivity contribution is 6.01. The number of amides is 1. The van der Waals surface area contributed by atoms with Gasteiger partial charge in [0.15, 0.2) is 23.1 Å². The van der Waals surface area contributed by atoms with Gasteiger partial charge in [-0.05, 0) is 45.4 Å². The largest absolute Gasteiger partial charge is 0.327 e. The quantitative estimate of drug-likeness (QED) is 0.430. The first kappa shape index (κ1) is 21.2. The van der Waals surface area contributed by atoms with Crippen molar-refractivity contribution in [2.75, 3.05) is 0 Å². The molecule has 0 radical (unpaired) electrons. The van der Waals surface area contributed by atoms with Crippen molar-refractivity contribution in [2.45, 2.75) is 39.3 Å². The molecule has 10 heteroatoms. The molecule has 0 spiro atoms. The molecule has 0 saturated heterocycles. The number of halogens is 3. The number of nitrogens with zero attached hydrogens (tertiary/aromatic N) is 6. The minimum absolute atomic E-state index is 0.199. The van der Waals surface area contributed by atoms with Gasteiger partial charge in [0.1, 0.15) is 5.56 Å². The van der Waals surface area contributed by atoms with E-state index in [1.165, 1.54) is 4.68 Å². The molecule has 5 rings (SSSR count). The Balaban J connectivity index is 1.59. The van der Waals surface area contributed by atoms with Gasteiger partial charge < -0.3 is 4.90 Å². The topological polar surface area (TPSA) is 68.3 Å². The maximum Gasteiger partial charge on any atom is 0.260 e. The molecule has 33 heavy (non-hydrogen) atoms. The van der Waals surface area contributed by atoms with E-state index < -0.39 is 23.5 Å². The van der Waals surface area contributed by atoms with Gasteiger partial charge in [0.2, 0.25) is 0 Å². The molecule has 1 amide bonds. The fraction of sp³-hybridized carbons (Fsp3) is 0.304. The Kier molecular flexibility index (Phi) is 4.77. The van der Waals surface area contributed by atoms with Crippen LogP contribution in [0.2, 0.25) is 0 Å². The highest BCUT2D eigenvalue weighted by atomic mass is 19.2. The molecular formula is C23H21F3N6O. The Bertz CT molecular complexity index is 1400. The van der Waals surface area contributed by atoms with Crippen molar-refractivity contribution in [1.29, 1.82) is 0 Å². The Morgan fingerprint density at radius 1 is 1.12 bits per heavy atom. The minimum atomic E-state index is -1.51. The highest BCUT2D eigenvalue weighted by Crippen LogP contribution is 2.39. The molecule has 170 valence electrons. The van der Waals surface area contributed by atoms with Crippen LogP contribution in [-0.2, 0) is 13.5 Å².